The van der Waals surface area contributed by atoms with E-state index in [4.69, 9.17) is 58.7 Å². The maximum Gasteiger partial charge on any atom is 0.321 e. The minimum atomic E-state index is -1.29. The van der Waals surface area contributed by atoms with Crippen molar-refractivity contribution in [3.05, 3.63) is 0 Å². The van der Waals surface area contributed by atoms with Gasteiger partial charge in [0.05, 0.1) is 12.8 Å². The van der Waals surface area contributed by atoms with Crippen LogP contribution in [0.5, 0.6) is 0 Å². The van der Waals surface area contributed by atoms with Crippen LogP contribution in [-0.2, 0) is 33.6 Å². The Kier molecular flexibility index (Phi) is 23.1. The van der Waals surface area contributed by atoms with Gasteiger partial charge in [0.1, 0.15) is 24.2 Å². The molecule has 15 N–H and O–H groups in total. The number of hydrogen-bond acceptors (Lipinski definition) is 11. The van der Waals surface area contributed by atoms with Gasteiger partial charge in [0.2, 0.25) is 0 Å². The smallest absolute Gasteiger partial charge is 0.321 e. The minimum absolute atomic E-state index is 0.0231. The number of carbonyl (C=O) groups is 7. The Labute approximate surface area is 191 Å². The van der Waals surface area contributed by atoms with Crippen molar-refractivity contribution in [3.8, 4) is 0 Å². The molecule has 0 aromatic carbocycles. The molecule has 18 heteroatoms. The predicted molar refractivity (Wildman–Crippen MR) is 109 cm³/mol. The summed E-state index contributed by atoms with van der Waals surface area (Å²) in [5.74, 6) is -8.16. The highest BCUT2D eigenvalue weighted by atomic mass is 16.4. The number of rotatable bonds is 11. The summed E-state index contributed by atoms with van der Waals surface area (Å²) < 4.78 is 0. The Morgan fingerprint density at radius 1 is 0.529 bits per heavy atom. The summed E-state index contributed by atoms with van der Waals surface area (Å²) in [5, 5.41) is 56.2. The molecule has 198 valence electrons. The molecule has 18 nitrogen and oxygen atoms in total. The van der Waals surface area contributed by atoms with E-state index in [-0.39, 0.29) is 12.8 Å². The largest absolute Gasteiger partial charge is 0.481 e. The summed E-state index contributed by atoms with van der Waals surface area (Å²) in [7, 11) is 0. The highest BCUT2D eigenvalue weighted by Gasteiger charge is 2.15. The zero-order chi connectivity index (χ0) is 28.2. The van der Waals surface area contributed by atoms with Gasteiger partial charge in [0.25, 0.3) is 0 Å². The molecule has 0 aliphatic rings. The number of nitrogens with two attached hydrogens (primary N) is 4. The molecule has 0 aliphatic carbocycles. The third kappa shape index (κ3) is 32.8. The van der Waals surface area contributed by atoms with Crippen LogP contribution in [0.4, 0.5) is 0 Å². The highest BCUT2D eigenvalue weighted by Crippen LogP contribution is 1.93. The van der Waals surface area contributed by atoms with E-state index in [1.807, 2.05) is 0 Å². The molecule has 4 atom stereocenters. The number of carboxylic acid groups (broad SMARTS) is 7. The molecule has 0 bridgehead atoms. The van der Waals surface area contributed by atoms with Crippen LogP contribution >= 0.6 is 0 Å². The second-order valence-electron chi connectivity index (χ2n) is 6.09. The molecule has 0 rings (SSSR count). The normalized spacial score (nSPS) is 12.7. The lowest BCUT2D eigenvalue weighted by Crippen LogP contribution is -2.32. The van der Waals surface area contributed by atoms with Crippen molar-refractivity contribution in [1.82, 2.24) is 0 Å². The van der Waals surface area contributed by atoms with E-state index in [9.17, 15) is 33.6 Å². The van der Waals surface area contributed by atoms with Crippen LogP contribution in [0.1, 0.15) is 32.6 Å². The lowest BCUT2D eigenvalue weighted by atomic mass is 10.2. The maximum atomic E-state index is 9.99. The third-order valence-corrected chi connectivity index (χ3v) is 2.80. The SMILES string of the molecule is C[C@H](N)C(=O)O.N[C@@H](CC(=O)O)C(=O)O.N[C@@H](CC(=O)O)C(=O)O.N[C@@H](CCC(=O)O)C(=O)O. The monoisotopic (exact) mass is 502 g/mol. The fraction of sp³-hybridized carbons (Fsp3) is 0.562. The fourth-order valence-corrected chi connectivity index (χ4v) is 0.953. The summed E-state index contributed by atoms with van der Waals surface area (Å²) in [6.07, 6.45) is -1.29. The van der Waals surface area contributed by atoms with E-state index in [2.05, 4.69) is 0 Å². The summed E-state index contributed by atoms with van der Waals surface area (Å²) in [6.45, 7) is 1.42. The molecular formula is C16H30N4O14. The van der Waals surface area contributed by atoms with Crippen molar-refractivity contribution in [1.29, 1.82) is 0 Å². The molecule has 0 fully saturated rings. The van der Waals surface area contributed by atoms with Gasteiger partial charge in [-0.25, -0.2) is 0 Å². The van der Waals surface area contributed by atoms with E-state index < -0.39 is 78.8 Å². The second-order valence-corrected chi connectivity index (χ2v) is 6.09. The first kappa shape index (κ1) is 37.4. The molecular weight excluding hydrogens is 472 g/mol. The Hall–Kier alpha value is -3.87. The topological polar surface area (TPSA) is 365 Å². The average molecular weight is 502 g/mol. The molecule has 0 radical (unpaired) electrons. The summed E-state index contributed by atoms with van der Waals surface area (Å²) in [4.78, 5) is 68.7. The summed E-state index contributed by atoms with van der Waals surface area (Å²) >= 11 is 0. The van der Waals surface area contributed by atoms with Gasteiger partial charge in [-0.05, 0) is 13.3 Å². The van der Waals surface area contributed by atoms with Crippen LogP contribution in [-0.4, -0.2) is 102 Å². The molecule has 0 spiro atoms. The zero-order valence-corrected chi connectivity index (χ0v) is 17.9. The van der Waals surface area contributed by atoms with Crippen LogP contribution < -0.4 is 22.9 Å². The van der Waals surface area contributed by atoms with Gasteiger partial charge < -0.3 is 58.7 Å². The van der Waals surface area contributed by atoms with Crippen LogP contribution in [0.15, 0.2) is 0 Å². The van der Waals surface area contributed by atoms with Crippen LogP contribution in [0, 0.1) is 0 Å². The molecule has 0 aromatic rings. The molecule has 0 aliphatic heterocycles. The van der Waals surface area contributed by atoms with Crippen LogP contribution in [0.2, 0.25) is 0 Å². The van der Waals surface area contributed by atoms with E-state index in [1.54, 1.807) is 0 Å². The van der Waals surface area contributed by atoms with Gasteiger partial charge in [-0.1, -0.05) is 0 Å². The number of aliphatic carboxylic acids is 7. The van der Waals surface area contributed by atoms with Gasteiger partial charge in [-0.3, -0.25) is 33.6 Å². The molecule has 0 unspecified atom stereocenters. The highest BCUT2D eigenvalue weighted by molar-refractivity contribution is 5.80. The van der Waals surface area contributed by atoms with Crippen molar-refractivity contribution in [2.24, 2.45) is 22.9 Å². The van der Waals surface area contributed by atoms with Gasteiger partial charge in [-0.2, -0.15) is 0 Å². The van der Waals surface area contributed by atoms with Gasteiger partial charge >= 0.3 is 41.8 Å². The molecule has 0 saturated heterocycles. The van der Waals surface area contributed by atoms with Crippen molar-refractivity contribution in [2.75, 3.05) is 0 Å². The average Bonchev–Trinajstić information content (AvgIpc) is 2.66. The maximum absolute atomic E-state index is 9.99. The number of hydrogen-bond donors (Lipinski definition) is 11. The standard InChI is InChI=1S/C5H9NO4.2C4H7NO4.C3H7NO2/c6-3(5(9)10)1-2-4(7)8;2*5-2(4(8)9)1-3(6)7;1-2(4)3(5)6/h3H,1-2,6H2,(H,7,8)(H,9,10);2*2H,1,5H2,(H,6,7)(H,8,9);2H,4H2,1H3,(H,5,6)/t3-;3*2-/m0000/s1. The second kappa shape index (κ2) is 21.0. The zero-order valence-electron chi connectivity index (χ0n) is 17.9. The van der Waals surface area contributed by atoms with E-state index >= 15 is 0 Å². The Balaban J connectivity index is -0.000000179. The van der Waals surface area contributed by atoms with Crippen molar-refractivity contribution < 1.29 is 69.3 Å². The Bertz CT molecular complexity index is 665. The van der Waals surface area contributed by atoms with E-state index in [0.29, 0.717) is 0 Å². The van der Waals surface area contributed by atoms with E-state index in [0.717, 1.165) is 0 Å². The lowest BCUT2D eigenvalue weighted by Gasteiger charge is -2.01. The van der Waals surface area contributed by atoms with Crippen molar-refractivity contribution in [2.45, 2.75) is 56.8 Å². The first-order chi connectivity index (χ1) is 15.3. The van der Waals surface area contributed by atoms with Crippen molar-refractivity contribution >= 4 is 41.8 Å². The lowest BCUT2D eigenvalue weighted by molar-refractivity contribution is -0.144. The Morgan fingerprint density at radius 3 is 0.912 bits per heavy atom. The third-order valence-electron chi connectivity index (χ3n) is 2.80. The first-order valence-corrected chi connectivity index (χ1v) is 8.84. The minimum Gasteiger partial charge on any atom is -0.481 e. The van der Waals surface area contributed by atoms with Crippen molar-refractivity contribution in [3.63, 3.8) is 0 Å². The molecule has 0 saturated carbocycles. The van der Waals surface area contributed by atoms with Gasteiger partial charge in [-0.15, -0.1) is 0 Å². The molecule has 0 aromatic heterocycles. The number of carboxylic acids is 7. The van der Waals surface area contributed by atoms with Gasteiger partial charge in [0, 0.05) is 6.42 Å². The Morgan fingerprint density at radius 2 is 0.794 bits per heavy atom. The summed E-state index contributed by atoms with van der Waals surface area (Å²) in [6, 6.07) is -4.37. The molecule has 0 amide bonds. The quantitative estimate of drug-likeness (QED) is 0.130. The van der Waals surface area contributed by atoms with Gasteiger partial charge in [0.15, 0.2) is 0 Å². The molecule has 0 heterocycles. The summed E-state index contributed by atoms with van der Waals surface area (Å²) in [5.41, 5.74) is 19.5. The van der Waals surface area contributed by atoms with E-state index in [1.165, 1.54) is 6.92 Å². The molecule has 34 heavy (non-hydrogen) atoms. The predicted octanol–water partition coefficient (Wildman–Crippen LogP) is -3.57. The van der Waals surface area contributed by atoms with Crippen LogP contribution in [0.3, 0.4) is 0 Å². The first-order valence-electron chi connectivity index (χ1n) is 8.84. The van der Waals surface area contributed by atoms with Crippen LogP contribution in [0.25, 0.3) is 0 Å². The fourth-order valence-electron chi connectivity index (χ4n) is 0.953.